The lowest BCUT2D eigenvalue weighted by Gasteiger charge is -2.15. The molecule has 0 saturated carbocycles. The van der Waals surface area contributed by atoms with Gasteiger partial charge in [-0.2, -0.15) is 0 Å². The Morgan fingerprint density at radius 3 is 2.87 bits per heavy atom. The first-order chi connectivity index (χ1) is 7.15. The topological polar surface area (TPSA) is 81.4 Å². The summed E-state index contributed by atoms with van der Waals surface area (Å²) in [6.07, 6.45) is 2.61. The molecule has 1 aliphatic rings. The Labute approximate surface area is 88.7 Å². The van der Waals surface area contributed by atoms with E-state index in [2.05, 4.69) is 11.9 Å². The summed E-state index contributed by atoms with van der Waals surface area (Å²) in [5, 5.41) is 2.59. The van der Waals surface area contributed by atoms with E-state index in [9.17, 15) is 9.59 Å². The van der Waals surface area contributed by atoms with Crippen LogP contribution in [0.15, 0.2) is 12.7 Å². The summed E-state index contributed by atoms with van der Waals surface area (Å²) >= 11 is 0. The molecule has 1 fully saturated rings. The molecule has 0 aromatic carbocycles. The zero-order chi connectivity index (χ0) is 11.3. The predicted octanol–water partition coefficient (Wildman–Crippen LogP) is -0.431. The van der Waals surface area contributed by atoms with Crippen molar-refractivity contribution >= 4 is 11.8 Å². The van der Waals surface area contributed by atoms with Gasteiger partial charge in [-0.1, -0.05) is 6.08 Å². The molecule has 84 valence electrons. The SMILES string of the molecule is C=CC[C@H](NC(=O)[C@@H]1CCOC1)C(N)=O. The molecule has 3 N–H and O–H groups in total. The predicted molar refractivity (Wildman–Crippen MR) is 54.9 cm³/mol. The molecule has 2 amide bonds. The number of carbonyl (C=O) groups excluding carboxylic acids is 2. The number of amides is 2. The Morgan fingerprint density at radius 2 is 2.40 bits per heavy atom. The molecule has 1 heterocycles. The summed E-state index contributed by atoms with van der Waals surface area (Å²) in [5.41, 5.74) is 5.14. The zero-order valence-corrected chi connectivity index (χ0v) is 8.57. The average Bonchev–Trinajstić information content (AvgIpc) is 2.69. The minimum absolute atomic E-state index is 0.156. The van der Waals surface area contributed by atoms with Crippen LogP contribution in [0.25, 0.3) is 0 Å². The van der Waals surface area contributed by atoms with Crippen molar-refractivity contribution in [3.8, 4) is 0 Å². The van der Waals surface area contributed by atoms with Gasteiger partial charge in [-0.3, -0.25) is 9.59 Å². The molecule has 0 radical (unpaired) electrons. The van der Waals surface area contributed by atoms with E-state index < -0.39 is 11.9 Å². The first-order valence-electron chi connectivity index (χ1n) is 4.93. The lowest BCUT2D eigenvalue weighted by Crippen LogP contribution is -2.46. The van der Waals surface area contributed by atoms with E-state index in [0.717, 1.165) is 0 Å². The van der Waals surface area contributed by atoms with Crippen LogP contribution in [-0.4, -0.2) is 31.1 Å². The van der Waals surface area contributed by atoms with Crippen LogP contribution in [0.2, 0.25) is 0 Å². The Hall–Kier alpha value is -1.36. The second-order valence-electron chi connectivity index (χ2n) is 3.55. The first kappa shape index (κ1) is 11.7. The molecule has 5 nitrogen and oxygen atoms in total. The van der Waals surface area contributed by atoms with Crippen LogP contribution in [0.5, 0.6) is 0 Å². The minimum atomic E-state index is -0.657. The standard InChI is InChI=1S/C10H16N2O3/c1-2-3-8(9(11)13)12-10(14)7-4-5-15-6-7/h2,7-8H,1,3-6H2,(H2,11,13)(H,12,14)/t7-,8+/m1/s1. The number of nitrogens with two attached hydrogens (primary N) is 1. The van der Waals surface area contributed by atoms with Gasteiger partial charge in [-0.05, 0) is 12.8 Å². The van der Waals surface area contributed by atoms with Crippen molar-refractivity contribution in [3.05, 3.63) is 12.7 Å². The fraction of sp³-hybridized carbons (Fsp3) is 0.600. The van der Waals surface area contributed by atoms with Gasteiger partial charge in [-0.15, -0.1) is 6.58 Å². The number of hydrogen-bond acceptors (Lipinski definition) is 3. The molecular formula is C10H16N2O3. The molecule has 2 atom stereocenters. The Balaban J connectivity index is 2.45. The lowest BCUT2D eigenvalue weighted by atomic mass is 10.1. The van der Waals surface area contributed by atoms with E-state index in [1.807, 2.05) is 0 Å². The van der Waals surface area contributed by atoms with Crippen molar-refractivity contribution in [1.82, 2.24) is 5.32 Å². The smallest absolute Gasteiger partial charge is 0.240 e. The maximum absolute atomic E-state index is 11.6. The van der Waals surface area contributed by atoms with Crippen molar-refractivity contribution in [1.29, 1.82) is 0 Å². The molecule has 0 spiro atoms. The lowest BCUT2D eigenvalue weighted by molar-refractivity contribution is -0.129. The average molecular weight is 212 g/mol. The Kier molecular flexibility index (Phi) is 4.30. The third-order valence-electron chi connectivity index (χ3n) is 2.36. The highest BCUT2D eigenvalue weighted by Crippen LogP contribution is 2.12. The number of nitrogens with one attached hydrogen (secondary N) is 1. The fourth-order valence-corrected chi connectivity index (χ4v) is 1.44. The fourth-order valence-electron chi connectivity index (χ4n) is 1.44. The monoisotopic (exact) mass is 212 g/mol. The van der Waals surface area contributed by atoms with Gasteiger partial charge >= 0.3 is 0 Å². The van der Waals surface area contributed by atoms with Gasteiger partial charge in [-0.25, -0.2) is 0 Å². The summed E-state index contributed by atoms with van der Waals surface area (Å²) in [5.74, 6) is -0.864. The summed E-state index contributed by atoms with van der Waals surface area (Å²) in [6.45, 7) is 4.52. The van der Waals surface area contributed by atoms with Crippen molar-refractivity contribution in [3.63, 3.8) is 0 Å². The highest BCUT2D eigenvalue weighted by molar-refractivity contribution is 5.87. The molecule has 1 rings (SSSR count). The maximum Gasteiger partial charge on any atom is 0.240 e. The van der Waals surface area contributed by atoms with E-state index in [-0.39, 0.29) is 11.8 Å². The van der Waals surface area contributed by atoms with Gasteiger partial charge in [0.25, 0.3) is 0 Å². The van der Waals surface area contributed by atoms with Gasteiger partial charge in [0.15, 0.2) is 0 Å². The van der Waals surface area contributed by atoms with Gasteiger partial charge in [0, 0.05) is 6.61 Å². The highest BCUT2D eigenvalue weighted by atomic mass is 16.5. The second-order valence-corrected chi connectivity index (χ2v) is 3.55. The van der Waals surface area contributed by atoms with Crippen LogP contribution in [-0.2, 0) is 14.3 Å². The number of rotatable bonds is 5. The number of carbonyl (C=O) groups is 2. The van der Waals surface area contributed by atoms with Crippen LogP contribution >= 0.6 is 0 Å². The molecular weight excluding hydrogens is 196 g/mol. The van der Waals surface area contributed by atoms with E-state index in [1.165, 1.54) is 0 Å². The summed E-state index contributed by atoms with van der Waals surface area (Å²) in [4.78, 5) is 22.6. The number of ether oxygens (including phenoxy) is 1. The van der Waals surface area contributed by atoms with Crippen LogP contribution in [0.4, 0.5) is 0 Å². The largest absolute Gasteiger partial charge is 0.381 e. The molecule has 0 unspecified atom stereocenters. The van der Waals surface area contributed by atoms with Crippen molar-refractivity contribution in [2.24, 2.45) is 11.7 Å². The Bertz CT molecular complexity index is 259. The van der Waals surface area contributed by atoms with Gasteiger partial charge in [0.1, 0.15) is 6.04 Å². The van der Waals surface area contributed by atoms with Gasteiger partial charge in [0.2, 0.25) is 11.8 Å². The number of hydrogen-bond donors (Lipinski definition) is 2. The van der Waals surface area contributed by atoms with E-state index in [4.69, 9.17) is 10.5 Å². The van der Waals surface area contributed by atoms with Crippen LogP contribution < -0.4 is 11.1 Å². The summed E-state index contributed by atoms with van der Waals surface area (Å²) < 4.78 is 5.08. The van der Waals surface area contributed by atoms with E-state index in [0.29, 0.717) is 26.1 Å². The highest BCUT2D eigenvalue weighted by Gasteiger charge is 2.26. The second kappa shape index (κ2) is 5.50. The molecule has 5 heteroatoms. The van der Waals surface area contributed by atoms with Crippen molar-refractivity contribution < 1.29 is 14.3 Å². The molecule has 1 aliphatic heterocycles. The van der Waals surface area contributed by atoms with Gasteiger partial charge in [0.05, 0.1) is 12.5 Å². The quantitative estimate of drug-likeness (QED) is 0.607. The van der Waals surface area contributed by atoms with Crippen LogP contribution in [0.3, 0.4) is 0 Å². The summed E-state index contributed by atoms with van der Waals surface area (Å²) in [6, 6.07) is -0.657. The Morgan fingerprint density at radius 1 is 1.67 bits per heavy atom. The third kappa shape index (κ3) is 3.36. The number of primary amides is 1. The summed E-state index contributed by atoms with van der Waals surface area (Å²) in [7, 11) is 0. The molecule has 0 bridgehead atoms. The normalized spacial score (nSPS) is 22.0. The maximum atomic E-state index is 11.6. The first-order valence-corrected chi connectivity index (χ1v) is 4.93. The molecule has 0 aromatic rings. The molecule has 0 aromatic heterocycles. The minimum Gasteiger partial charge on any atom is -0.381 e. The van der Waals surface area contributed by atoms with Gasteiger partial charge < -0.3 is 15.8 Å². The van der Waals surface area contributed by atoms with Crippen LogP contribution in [0.1, 0.15) is 12.8 Å². The zero-order valence-electron chi connectivity index (χ0n) is 8.57. The molecule has 0 aliphatic carbocycles. The van der Waals surface area contributed by atoms with E-state index in [1.54, 1.807) is 6.08 Å². The third-order valence-corrected chi connectivity index (χ3v) is 2.36. The van der Waals surface area contributed by atoms with E-state index >= 15 is 0 Å². The van der Waals surface area contributed by atoms with Crippen molar-refractivity contribution in [2.75, 3.05) is 13.2 Å². The van der Waals surface area contributed by atoms with Crippen molar-refractivity contribution in [2.45, 2.75) is 18.9 Å². The van der Waals surface area contributed by atoms with Crippen LogP contribution in [0, 0.1) is 5.92 Å². The molecule has 15 heavy (non-hydrogen) atoms. The molecule has 1 saturated heterocycles.